The molecule has 1 saturated heterocycles. The molecule has 9 heavy (non-hydrogen) atoms. The summed E-state index contributed by atoms with van der Waals surface area (Å²) in [6, 6.07) is 0. The highest BCUT2D eigenvalue weighted by Gasteiger charge is 2.21. The first-order chi connectivity index (χ1) is 3.93. The third-order valence-electron chi connectivity index (χ3n) is 0.892. The van der Waals surface area contributed by atoms with E-state index in [1.165, 1.54) is 0 Å². The van der Waals surface area contributed by atoms with Gasteiger partial charge in [0.25, 0.3) is 0 Å². The Labute approximate surface area is 56.2 Å². The molecule has 0 N–H and O–H groups in total. The van der Waals surface area contributed by atoms with Gasteiger partial charge in [-0.3, -0.25) is 0 Å². The summed E-state index contributed by atoms with van der Waals surface area (Å²) in [6.07, 6.45) is 5.26. The van der Waals surface area contributed by atoms with E-state index in [1.54, 1.807) is 0 Å². The molecule has 2 nitrogen and oxygen atoms in total. The quantitative estimate of drug-likeness (QED) is 0.316. The van der Waals surface area contributed by atoms with E-state index in [1.807, 2.05) is 0 Å². The number of hydrogen-bond donors (Lipinski definition) is 0. The van der Waals surface area contributed by atoms with Crippen molar-refractivity contribution < 1.29 is 9.47 Å². The average Bonchev–Trinajstić information content (AvgIpc) is 2.51. The fraction of sp³-hybridized carbons (Fsp3) is 0.714. The van der Waals surface area contributed by atoms with Crippen LogP contribution in [0.3, 0.4) is 0 Å². The fourth-order valence-corrected chi connectivity index (χ4v) is 0.414. The first kappa shape index (κ1) is 8.48. The number of rotatable bonds is 3. The largest absolute Gasteiger partial charge is 0.371 e. The maximum Gasteiger partial charge on any atom is 0.107 e. The topological polar surface area (TPSA) is 21.8 Å². The molecule has 1 fully saturated rings. The Bertz CT molecular complexity index is 100.0. The summed E-state index contributed by atoms with van der Waals surface area (Å²) in [6.45, 7) is 1.90. The van der Waals surface area contributed by atoms with Crippen molar-refractivity contribution in [1.29, 1.82) is 0 Å². The molecule has 1 heterocycles. The zero-order valence-electron chi connectivity index (χ0n) is 4.59. The Kier molecular flexibility index (Phi) is 4.12. The Morgan fingerprint density at radius 3 is 2.89 bits per heavy atom. The molecule has 0 aliphatic carbocycles. The predicted octanol–water partition coefficient (Wildman–Crippen LogP) is 0.671. The number of terminal acetylenes is 1. The second-order valence-corrected chi connectivity index (χ2v) is 1.67. The molecular weight excluding hydrogens is 116 g/mol. The lowest BCUT2D eigenvalue weighted by molar-refractivity contribution is 0.145. The molecule has 1 aliphatic heterocycles. The van der Waals surface area contributed by atoms with Crippen LogP contribution in [-0.2, 0) is 9.47 Å². The zero-order valence-corrected chi connectivity index (χ0v) is 4.59. The van der Waals surface area contributed by atoms with Crippen LogP contribution in [0.5, 0.6) is 0 Å². The highest BCUT2D eigenvalue weighted by Crippen LogP contribution is 2.07. The Morgan fingerprint density at radius 2 is 2.44 bits per heavy atom. The second-order valence-electron chi connectivity index (χ2n) is 1.67. The lowest BCUT2D eigenvalue weighted by atomic mass is 10.5. The van der Waals surface area contributed by atoms with Crippen molar-refractivity contribution >= 4 is 0 Å². The van der Waals surface area contributed by atoms with Crippen LogP contribution in [0.2, 0.25) is 0 Å². The Balaban J connectivity index is 0.000000640. The lowest BCUT2D eigenvalue weighted by Crippen LogP contribution is -2.00. The summed E-state index contributed by atoms with van der Waals surface area (Å²) in [5, 5.41) is 0. The summed E-state index contributed by atoms with van der Waals surface area (Å²) < 4.78 is 9.81. The maximum atomic E-state index is 4.95. The van der Waals surface area contributed by atoms with Gasteiger partial charge in [0.05, 0.1) is 13.2 Å². The van der Waals surface area contributed by atoms with Gasteiger partial charge in [-0.1, -0.05) is 13.3 Å². The van der Waals surface area contributed by atoms with Gasteiger partial charge in [0.15, 0.2) is 0 Å². The molecule has 52 valence electrons. The molecule has 1 atom stereocenters. The van der Waals surface area contributed by atoms with E-state index in [9.17, 15) is 0 Å². The van der Waals surface area contributed by atoms with Crippen molar-refractivity contribution in [2.45, 2.75) is 13.5 Å². The molecule has 0 spiro atoms. The Morgan fingerprint density at radius 1 is 1.78 bits per heavy atom. The highest BCUT2D eigenvalue weighted by atomic mass is 16.6. The SMILES string of the molecule is C.C#CCOCC1CO1. The lowest BCUT2D eigenvalue weighted by Gasteiger charge is -1.91. The van der Waals surface area contributed by atoms with Gasteiger partial charge in [-0.05, 0) is 0 Å². The van der Waals surface area contributed by atoms with E-state index in [0.29, 0.717) is 19.3 Å². The van der Waals surface area contributed by atoms with Gasteiger partial charge in [-0.15, -0.1) is 6.42 Å². The molecule has 2 heteroatoms. The average molecular weight is 128 g/mol. The number of epoxide rings is 1. The van der Waals surface area contributed by atoms with Crippen LogP contribution < -0.4 is 0 Å². The van der Waals surface area contributed by atoms with Gasteiger partial charge >= 0.3 is 0 Å². The third-order valence-corrected chi connectivity index (χ3v) is 0.892. The van der Waals surface area contributed by atoms with Gasteiger partial charge in [-0.2, -0.15) is 0 Å². The Hall–Kier alpha value is -0.520. The van der Waals surface area contributed by atoms with Gasteiger partial charge < -0.3 is 9.47 Å². The molecule has 0 radical (unpaired) electrons. The minimum atomic E-state index is 0. The summed E-state index contributed by atoms with van der Waals surface area (Å²) in [5.74, 6) is 2.37. The smallest absolute Gasteiger partial charge is 0.107 e. The molecule has 0 aromatic rings. The van der Waals surface area contributed by atoms with Gasteiger partial charge in [0.1, 0.15) is 12.7 Å². The van der Waals surface area contributed by atoms with E-state index < -0.39 is 0 Å². The van der Waals surface area contributed by atoms with Crippen LogP contribution in [0.4, 0.5) is 0 Å². The normalized spacial score (nSPS) is 21.9. The number of ether oxygens (including phenoxy) is 2. The molecule has 0 aromatic carbocycles. The van der Waals surface area contributed by atoms with Crippen LogP contribution in [0.25, 0.3) is 0 Å². The van der Waals surface area contributed by atoms with Crippen LogP contribution in [0.15, 0.2) is 0 Å². The third kappa shape index (κ3) is 4.01. The molecule has 0 saturated carbocycles. The van der Waals surface area contributed by atoms with Crippen molar-refractivity contribution in [2.75, 3.05) is 19.8 Å². The van der Waals surface area contributed by atoms with Crippen molar-refractivity contribution in [3.63, 3.8) is 0 Å². The molecule has 1 unspecified atom stereocenters. The summed E-state index contributed by atoms with van der Waals surface area (Å²) in [7, 11) is 0. The molecular formula is C7H12O2. The fourth-order valence-electron chi connectivity index (χ4n) is 0.414. The van der Waals surface area contributed by atoms with Gasteiger partial charge in [0.2, 0.25) is 0 Å². The van der Waals surface area contributed by atoms with Crippen molar-refractivity contribution in [3.8, 4) is 12.3 Å². The van der Waals surface area contributed by atoms with Crippen molar-refractivity contribution in [3.05, 3.63) is 0 Å². The maximum absolute atomic E-state index is 4.95. The molecule has 0 amide bonds. The predicted molar refractivity (Wildman–Crippen MR) is 36.1 cm³/mol. The van der Waals surface area contributed by atoms with Crippen molar-refractivity contribution in [1.82, 2.24) is 0 Å². The van der Waals surface area contributed by atoms with Crippen LogP contribution >= 0.6 is 0 Å². The number of hydrogen-bond acceptors (Lipinski definition) is 2. The summed E-state index contributed by atoms with van der Waals surface area (Å²) in [4.78, 5) is 0. The molecule has 0 aromatic heterocycles. The zero-order chi connectivity index (χ0) is 5.82. The van der Waals surface area contributed by atoms with E-state index in [4.69, 9.17) is 15.9 Å². The summed E-state index contributed by atoms with van der Waals surface area (Å²) >= 11 is 0. The van der Waals surface area contributed by atoms with E-state index in [-0.39, 0.29) is 7.43 Å². The van der Waals surface area contributed by atoms with E-state index in [2.05, 4.69) is 5.92 Å². The van der Waals surface area contributed by atoms with Crippen LogP contribution in [0.1, 0.15) is 7.43 Å². The monoisotopic (exact) mass is 128 g/mol. The molecule has 1 aliphatic rings. The van der Waals surface area contributed by atoms with E-state index in [0.717, 1.165) is 6.61 Å². The standard InChI is InChI=1S/C6H8O2.CH4/c1-2-3-7-4-6-5-8-6;/h1,6H,3-5H2;1H4. The minimum absolute atomic E-state index is 0. The van der Waals surface area contributed by atoms with Crippen LogP contribution in [-0.4, -0.2) is 25.9 Å². The van der Waals surface area contributed by atoms with Crippen molar-refractivity contribution in [2.24, 2.45) is 0 Å². The van der Waals surface area contributed by atoms with Gasteiger partial charge in [-0.25, -0.2) is 0 Å². The highest BCUT2D eigenvalue weighted by molar-refractivity contribution is 4.83. The minimum Gasteiger partial charge on any atom is -0.371 e. The first-order valence-electron chi connectivity index (χ1n) is 2.56. The van der Waals surface area contributed by atoms with Gasteiger partial charge in [0, 0.05) is 0 Å². The first-order valence-corrected chi connectivity index (χ1v) is 2.56. The van der Waals surface area contributed by atoms with Crippen LogP contribution in [0, 0.1) is 12.3 Å². The second kappa shape index (κ2) is 4.37. The van der Waals surface area contributed by atoms with E-state index >= 15 is 0 Å². The molecule has 1 rings (SSSR count). The molecule has 0 bridgehead atoms. The summed E-state index contributed by atoms with van der Waals surface area (Å²) in [5.41, 5.74) is 0.